The topological polar surface area (TPSA) is 95.9 Å². The molecule has 0 radical (unpaired) electrons. The predicted octanol–water partition coefficient (Wildman–Crippen LogP) is 23.0. The van der Waals surface area contributed by atoms with Crippen LogP contribution in [-0.2, 0) is 14.3 Å². The molecule has 2 unspecified atom stereocenters. The molecule has 0 aromatic rings. The Balaban J connectivity index is 3.37. The highest BCUT2D eigenvalue weighted by Crippen LogP contribution is 2.18. The van der Waals surface area contributed by atoms with E-state index in [4.69, 9.17) is 4.74 Å². The van der Waals surface area contributed by atoms with Crippen molar-refractivity contribution in [2.45, 2.75) is 386 Å². The molecule has 3 N–H and O–H groups in total. The van der Waals surface area contributed by atoms with Crippen LogP contribution in [0.15, 0.2) is 60.8 Å². The van der Waals surface area contributed by atoms with Gasteiger partial charge in [0.1, 0.15) is 0 Å². The van der Waals surface area contributed by atoms with Gasteiger partial charge < -0.3 is 20.3 Å². The van der Waals surface area contributed by atoms with Crippen LogP contribution in [-0.4, -0.2) is 47.4 Å². The van der Waals surface area contributed by atoms with Crippen molar-refractivity contribution in [3.8, 4) is 0 Å². The van der Waals surface area contributed by atoms with Crippen molar-refractivity contribution in [1.29, 1.82) is 0 Å². The summed E-state index contributed by atoms with van der Waals surface area (Å²) in [6.45, 7) is 4.86. The Bertz CT molecular complexity index is 1380. The van der Waals surface area contributed by atoms with Crippen molar-refractivity contribution in [3.05, 3.63) is 60.8 Å². The lowest BCUT2D eigenvalue weighted by Gasteiger charge is -2.20. The number of hydrogen-bond donors (Lipinski definition) is 3. The van der Waals surface area contributed by atoms with Crippen LogP contribution in [0.1, 0.15) is 373 Å². The van der Waals surface area contributed by atoms with Gasteiger partial charge in [-0.3, -0.25) is 9.59 Å². The van der Waals surface area contributed by atoms with Crippen molar-refractivity contribution < 1.29 is 24.5 Å². The van der Waals surface area contributed by atoms with Crippen molar-refractivity contribution in [2.24, 2.45) is 0 Å². The fourth-order valence-corrected chi connectivity index (χ4v) is 10.8. The first-order chi connectivity index (χ1) is 39.5. The van der Waals surface area contributed by atoms with Gasteiger partial charge in [-0.25, -0.2) is 0 Å². The summed E-state index contributed by atoms with van der Waals surface area (Å²) in [4.78, 5) is 24.5. The summed E-state index contributed by atoms with van der Waals surface area (Å²) >= 11 is 0. The minimum absolute atomic E-state index is 0.00359. The molecule has 0 aromatic heterocycles. The summed E-state index contributed by atoms with van der Waals surface area (Å²) in [6.07, 6.45) is 91.8. The molecular formula is C74H137NO5. The van der Waals surface area contributed by atoms with Crippen LogP contribution in [0.4, 0.5) is 0 Å². The van der Waals surface area contributed by atoms with Crippen LogP contribution in [0.5, 0.6) is 0 Å². The molecule has 6 nitrogen and oxygen atoms in total. The zero-order chi connectivity index (χ0) is 57.8. The molecule has 0 aliphatic carbocycles. The van der Waals surface area contributed by atoms with E-state index in [1.165, 1.54) is 289 Å². The number of allylic oxidation sites excluding steroid dienone is 9. The Morgan fingerprint density at radius 3 is 0.988 bits per heavy atom. The van der Waals surface area contributed by atoms with Crippen molar-refractivity contribution in [2.75, 3.05) is 13.2 Å². The normalized spacial score (nSPS) is 12.9. The van der Waals surface area contributed by atoms with Crippen molar-refractivity contribution in [3.63, 3.8) is 0 Å². The lowest BCUT2D eigenvalue weighted by molar-refractivity contribution is -0.143. The van der Waals surface area contributed by atoms with Crippen LogP contribution in [0.25, 0.3) is 0 Å². The van der Waals surface area contributed by atoms with Gasteiger partial charge in [-0.2, -0.15) is 0 Å². The van der Waals surface area contributed by atoms with E-state index in [1.54, 1.807) is 6.08 Å². The number of carbonyl (C=O) groups excluding carboxylic acids is 2. The molecule has 6 heteroatoms. The summed E-state index contributed by atoms with van der Waals surface area (Å²) in [7, 11) is 0. The van der Waals surface area contributed by atoms with E-state index in [2.05, 4.69) is 67.8 Å². The number of hydrogen-bond acceptors (Lipinski definition) is 5. The summed E-state index contributed by atoms with van der Waals surface area (Å²) < 4.78 is 5.48. The van der Waals surface area contributed by atoms with Gasteiger partial charge in [-0.05, 0) is 89.9 Å². The first kappa shape index (κ1) is 77.6. The highest BCUT2D eigenvalue weighted by atomic mass is 16.5. The SMILES string of the molecule is CCCC/C=C\C/C=C\CCCCCCCC(=O)OCCCCCCCCCCCCCCC/C=C\C/C=C\CCCCCCCCCCCCCCCCCCCC(=O)NC(CO)C(O)/C=C/CCCCCCCCCCCC. The Kier molecular flexibility index (Phi) is 66.9. The first-order valence-corrected chi connectivity index (χ1v) is 35.6. The van der Waals surface area contributed by atoms with E-state index in [0.29, 0.717) is 19.4 Å². The number of aliphatic hydroxyl groups is 2. The standard InChI is InChI=1S/C74H137NO5/c1-3-5-7-9-11-13-15-17-44-48-52-56-60-64-68-74(79)80-69-65-61-57-53-49-45-42-40-38-36-34-32-30-28-26-24-22-20-18-19-21-23-25-27-29-31-33-35-37-39-41-43-47-51-55-59-63-67-73(78)75-71(70-76)72(77)66-62-58-54-50-46-16-14-12-10-8-6-4-2/h9,11,15,17-18,20,24,26,62,66,71-72,76-77H,3-8,10,12-14,16,19,21-23,25,27-61,63-65,67-70H2,1-2H3,(H,75,78)/b11-9-,17-15-,20-18-,26-24-,66-62+. The number of rotatable bonds is 66. The van der Waals surface area contributed by atoms with Crippen LogP contribution in [0.2, 0.25) is 0 Å². The average Bonchev–Trinajstić information content (AvgIpc) is 3.46. The Hall–Kier alpha value is -2.44. The summed E-state index contributed by atoms with van der Waals surface area (Å²) in [5, 5.41) is 23.1. The van der Waals surface area contributed by atoms with E-state index in [-0.39, 0.29) is 18.5 Å². The molecule has 80 heavy (non-hydrogen) atoms. The van der Waals surface area contributed by atoms with Crippen LogP contribution in [0.3, 0.4) is 0 Å². The number of aliphatic hydroxyl groups excluding tert-OH is 2. The highest BCUT2D eigenvalue weighted by Gasteiger charge is 2.18. The van der Waals surface area contributed by atoms with E-state index in [9.17, 15) is 19.8 Å². The largest absolute Gasteiger partial charge is 0.466 e. The Morgan fingerprint density at radius 2 is 0.637 bits per heavy atom. The quantitative estimate of drug-likeness (QED) is 0.0320. The molecule has 0 saturated heterocycles. The zero-order valence-corrected chi connectivity index (χ0v) is 53.6. The summed E-state index contributed by atoms with van der Waals surface area (Å²) in [5.74, 6) is -0.0616. The fraction of sp³-hybridized carbons (Fsp3) is 0.838. The Morgan fingerprint density at radius 1 is 0.350 bits per heavy atom. The van der Waals surface area contributed by atoms with Gasteiger partial charge in [0.25, 0.3) is 0 Å². The van der Waals surface area contributed by atoms with Crippen LogP contribution < -0.4 is 5.32 Å². The molecule has 1 amide bonds. The molecule has 0 fully saturated rings. The third-order valence-electron chi connectivity index (χ3n) is 16.3. The number of nitrogens with one attached hydrogen (secondary N) is 1. The minimum Gasteiger partial charge on any atom is -0.466 e. The molecule has 0 rings (SSSR count). The third-order valence-corrected chi connectivity index (χ3v) is 16.3. The van der Waals surface area contributed by atoms with Gasteiger partial charge in [0.2, 0.25) is 5.91 Å². The number of carbonyl (C=O) groups is 2. The maximum atomic E-state index is 12.5. The molecular weight excluding hydrogens is 983 g/mol. The monoisotopic (exact) mass is 1120 g/mol. The van der Waals surface area contributed by atoms with Crippen molar-refractivity contribution >= 4 is 11.9 Å². The minimum atomic E-state index is -0.842. The van der Waals surface area contributed by atoms with Gasteiger partial charge in [0.05, 0.1) is 25.4 Å². The molecule has 468 valence electrons. The first-order valence-electron chi connectivity index (χ1n) is 35.6. The highest BCUT2D eigenvalue weighted by molar-refractivity contribution is 5.76. The van der Waals surface area contributed by atoms with E-state index in [0.717, 1.165) is 57.8 Å². The van der Waals surface area contributed by atoms with E-state index < -0.39 is 12.1 Å². The Labute approximate surface area is 499 Å². The van der Waals surface area contributed by atoms with E-state index >= 15 is 0 Å². The number of esters is 1. The van der Waals surface area contributed by atoms with Gasteiger partial charge in [0.15, 0.2) is 0 Å². The molecule has 0 bridgehead atoms. The van der Waals surface area contributed by atoms with Gasteiger partial charge in [0, 0.05) is 12.8 Å². The van der Waals surface area contributed by atoms with Gasteiger partial charge >= 0.3 is 5.97 Å². The maximum absolute atomic E-state index is 12.5. The summed E-state index contributed by atoms with van der Waals surface area (Å²) in [5.41, 5.74) is 0. The molecule has 0 spiro atoms. The third kappa shape index (κ3) is 64.7. The lowest BCUT2D eigenvalue weighted by atomic mass is 10.0. The molecule has 2 atom stereocenters. The molecule has 0 heterocycles. The van der Waals surface area contributed by atoms with Crippen LogP contribution >= 0.6 is 0 Å². The molecule has 0 aromatic carbocycles. The number of amides is 1. The fourth-order valence-electron chi connectivity index (χ4n) is 10.8. The number of ether oxygens (including phenoxy) is 1. The van der Waals surface area contributed by atoms with Crippen molar-refractivity contribution in [1.82, 2.24) is 5.32 Å². The lowest BCUT2D eigenvalue weighted by Crippen LogP contribution is -2.45. The molecule has 0 saturated carbocycles. The van der Waals surface area contributed by atoms with Crippen LogP contribution in [0, 0.1) is 0 Å². The van der Waals surface area contributed by atoms with Gasteiger partial charge in [-0.15, -0.1) is 0 Å². The average molecular weight is 1120 g/mol. The molecule has 0 aliphatic rings. The smallest absolute Gasteiger partial charge is 0.305 e. The van der Waals surface area contributed by atoms with Gasteiger partial charge in [-0.1, -0.05) is 331 Å². The summed E-state index contributed by atoms with van der Waals surface area (Å²) in [6, 6.07) is -0.625. The second kappa shape index (κ2) is 69.1. The predicted molar refractivity (Wildman–Crippen MR) is 352 cm³/mol. The molecule has 0 aliphatic heterocycles. The number of unbranched alkanes of at least 4 members (excludes halogenated alkanes) is 47. The maximum Gasteiger partial charge on any atom is 0.305 e. The zero-order valence-electron chi connectivity index (χ0n) is 53.6. The van der Waals surface area contributed by atoms with E-state index in [1.807, 2.05) is 6.08 Å². The second-order valence-corrected chi connectivity index (χ2v) is 24.2. The second-order valence-electron chi connectivity index (χ2n) is 24.2.